The van der Waals surface area contributed by atoms with E-state index in [-0.39, 0.29) is 11.2 Å². The average molecular weight is 258 g/mol. The fraction of sp³-hybridized carbons (Fsp3) is 0.417. The first-order valence-corrected chi connectivity index (χ1v) is 5.72. The summed E-state index contributed by atoms with van der Waals surface area (Å²) in [6.07, 6.45) is 1.22. The highest BCUT2D eigenvalue weighted by molar-refractivity contribution is 6.30. The minimum atomic E-state index is -0.495. The molecule has 1 aromatic rings. The van der Waals surface area contributed by atoms with E-state index < -0.39 is 6.09 Å². The van der Waals surface area contributed by atoms with Crippen molar-refractivity contribution in [2.24, 2.45) is 0 Å². The number of nitrogens with one attached hydrogen (secondary N) is 1. The molecule has 1 aromatic carbocycles. The molecule has 17 heavy (non-hydrogen) atoms. The minimum absolute atomic E-state index is 0.289. The summed E-state index contributed by atoms with van der Waals surface area (Å²) in [7, 11) is 1.30. The van der Waals surface area contributed by atoms with E-state index in [0.717, 1.165) is 12.8 Å². The maximum absolute atomic E-state index is 13.8. The summed E-state index contributed by atoms with van der Waals surface area (Å²) in [4.78, 5) is 11.0. The second-order valence-corrected chi connectivity index (χ2v) is 4.69. The van der Waals surface area contributed by atoms with Crippen LogP contribution in [0.15, 0.2) is 18.2 Å². The van der Waals surface area contributed by atoms with Crippen LogP contribution in [0, 0.1) is 5.82 Å². The van der Waals surface area contributed by atoms with Gasteiger partial charge in [-0.05, 0) is 30.5 Å². The maximum atomic E-state index is 13.8. The Labute approximate surface area is 104 Å². The van der Waals surface area contributed by atoms with Gasteiger partial charge in [-0.15, -0.1) is 0 Å². The lowest BCUT2D eigenvalue weighted by molar-refractivity contribution is 0.170. The summed E-state index contributed by atoms with van der Waals surface area (Å²) in [6, 6.07) is 4.65. The molecular formula is C12H13ClFNO2. The Morgan fingerprint density at radius 3 is 2.82 bits per heavy atom. The largest absolute Gasteiger partial charge is 0.453 e. The molecule has 1 N–H and O–H groups in total. The van der Waals surface area contributed by atoms with Crippen molar-refractivity contribution in [3.63, 3.8) is 0 Å². The van der Waals surface area contributed by atoms with Gasteiger partial charge in [0.05, 0.1) is 7.11 Å². The van der Waals surface area contributed by atoms with Crippen molar-refractivity contribution in [2.45, 2.75) is 18.3 Å². The lowest BCUT2D eigenvalue weighted by Gasteiger charge is -2.17. The molecule has 0 aromatic heterocycles. The number of methoxy groups -OCH3 is 1. The van der Waals surface area contributed by atoms with E-state index in [1.807, 2.05) is 0 Å². The molecule has 1 amide bonds. The SMILES string of the molecule is COC(=O)NCC1(c2ccc(Cl)cc2F)CC1. The molecule has 0 spiro atoms. The van der Waals surface area contributed by atoms with Gasteiger partial charge in [-0.3, -0.25) is 0 Å². The molecule has 1 aliphatic rings. The quantitative estimate of drug-likeness (QED) is 0.904. The van der Waals surface area contributed by atoms with Crippen LogP contribution < -0.4 is 5.32 Å². The second kappa shape index (κ2) is 4.53. The van der Waals surface area contributed by atoms with Gasteiger partial charge >= 0.3 is 6.09 Å². The van der Waals surface area contributed by atoms with Gasteiger partial charge in [-0.1, -0.05) is 17.7 Å². The predicted octanol–water partition coefficient (Wildman–Crippen LogP) is 2.87. The number of amides is 1. The summed E-state index contributed by atoms with van der Waals surface area (Å²) < 4.78 is 18.3. The number of alkyl carbamates (subject to hydrolysis) is 1. The van der Waals surface area contributed by atoms with E-state index in [0.29, 0.717) is 17.1 Å². The summed E-state index contributed by atoms with van der Waals surface area (Å²) in [5.74, 6) is -0.318. The standard InChI is InChI=1S/C12H13ClFNO2/c1-17-11(16)15-7-12(4-5-12)9-3-2-8(13)6-10(9)14/h2-3,6H,4-5,7H2,1H3,(H,15,16). The first kappa shape index (κ1) is 12.2. The highest BCUT2D eigenvalue weighted by Crippen LogP contribution is 2.48. The molecule has 0 radical (unpaired) electrons. The highest BCUT2D eigenvalue weighted by atomic mass is 35.5. The van der Waals surface area contributed by atoms with E-state index in [1.165, 1.54) is 13.2 Å². The topological polar surface area (TPSA) is 38.3 Å². The molecule has 0 heterocycles. The van der Waals surface area contributed by atoms with E-state index in [9.17, 15) is 9.18 Å². The van der Waals surface area contributed by atoms with Crippen LogP contribution in [0.4, 0.5) is 9.18 Å². The Hall–Kier alpha value is -1.29. The van der Waals surface area contributed by atoms with Crippen LogP contribution in [0.5, 0.6) is 0 Å². The number of carbonyl (C=O) groups excluding carboxylic acids is 1. The van der Waals surface area contributed by atoms with Crippen LogP contribution in [0.2, 0.25) is 5.02 Å². The third kappa shape index (κ3) is 2.52. The van der Waals surface area contributed by atoms with Gasteiger partial charge in [0.1, 0.15) is 5.82 Å². The molecule has 5 heteroatoms. The lowest BCUT2D eigenvalue weighted by Crippen LogP contribution is -2.32. The molecule has 92 valence electrons. The molecule has 0 bridgehead atoms. The minimum Gasteiger partial charge on any atom is -0.453 e. The number of rotatable bonds is 3. The number of ether oxygens (including phenoxy) is 1. The zero-order valence-electron chi connectivity index (χ0n) is 9.43. The number of carbonyl (C=O) groups is 1. The first-order chi connectivity index (χ1) is 8.07. The summed E-state index contributed by atoms with van der Waals surface area (Å²) in [5.41, 5.74) is 0.321. The highest BCUT2D eigenvalue weighted by Gasteiger charge is 2.46. The Balaban J connectivity index is 2.13. The van der Waals surface area contributed by atoms with Gasteiger partial charge in [0.2, 0.25) is 0 Å². The van der Waals surface area contributed by atoms with Crippen molar-refractivity contribution in [1.82, 2.24) is 5.32 Å². The van der Waals surface area contributed by atoms with Crippen molar-refractivity contribution in [3.8, 4) is 0 Å². The number of halogens is 2. The van der Waals surface area contributed by atoms with Crippen molar-refractivity contribution in [2.75, 3.05) is 13.7 Å². The molecule has 1 saturated carbocycles. The van der Waals surface area contributed by atoms with E-state index >= 15 is 0 Å². The molecule has 3 nitrogen and oxygen atoms in total. The lowest BCUT2D eigenvalue weighted by atomic mass is 9.95. The smallest absolute Gasteiger partial charge is 0.406 e. The zero-order chi connectivity index (χ0) is 12.5. The van der Waals surface area contributed by atoms with Gasteiger partial charge in [0.15, 0.2) is 0 Å². The van der Waals surface area contributed by atoms with Crippen LogP contribution >= 0.6 is 11.6 Å². The van der Waals surface area contributed by atoms with E-state index in [4.69, 9.17) is 11.6 Å². The van der Waals surface area contributed by atoms with Crippen molar-refractivity contribution < 1.29 is 13.9 Å². The Kier molecular flexibility index (Phi) is 3.24. The van der Waals surface area contributed by atoms with E-state index in [2.05, 4.69) is 10.1 Å². The van der Waals surface area contributed by atoms with Crippen LogP contribution in [0.25, 0.3) is 0 Å². The van der Waals surface area contributed by atoms with Gasteiger partial charge in [-0.25, -0.2) is 9.18 Å². The molecule has 2 rings (SSSR count). The van der Waals surface area contributed by atoms with Crippen LogP contribution in [-0.2, 0) is 10.2 Å². The third-order valence-electron chi connectivity index (χ3n) is 3.11. The summed E-state index contributed by atoms with van der Waals surface area (Å²) in [6.45, 7) is 0.387. The fourth-order valence-corrected chi connectivity index (χ4v) is 2.08. The Bertz CT molecular complexity index is 446. The number of benzene rings is 1. The predicted molar refractivity (Wildman–Crippen MR) is 62.7 cm³/mol. The van der Waals surface area contributed by atoms with Crippen molar-refractivity contribution >= 4 is 17.7 Å². The fourth-order valence-electron chi connectivity index (χ4n) is 1.93. The van der Waals surface area contributed by atoms with E-state index in [1.54, 1.807) is 12.1 Å². The number of hydrogen-bond acceptors (Lipinski definition) is 2. The maximum Gasteiger partial charge on any atom is 0.406 e. The molecule has 1 aliphatic carbocycles. The van der Waals surface area contributed by atoms with Gasteiger partial charge < -0.3 is 10.1 Å². The Morgan fingerprint density at radius 1 is 1.59 bits per heavy atom. The van der Waals surface area contributed by atoms with Crippen molar-refractivity contribution in [3.05, 3.63) is 34.6 Å². The molecule has 0 saturated heterocycles. The third-order valence-corrected chi connectivity index (χ3v) is 3.35. The van der Waals surface area contributed by atoms with Crippen molar-refractivity contribution in [1.29, 1.82) is 0 Å². The molecule has 0 atom stereocenters. The summed E-state index contributed by atoms with van der Waals surface area (Å²) in [5, 5.41) is 2.99. The van der Waals surface area contributed by atoms with Gasteiger partial charge in [0, 0.05) is 17.0 Å². The Morgan fingerprint density at radius 2 is 2.29 bits per heavy atom. The average Bonchev–Trinajstić information content (AvgIpc) is 3.07. The van der Waals surface area contributed by atoms with Crippen LogP contribution in [0.1, 0.15) is 18.4 Å². The number of hydrogen-bond donors (Lipinski definition) is 1. The monoisotopic (exact) mass is 257 g/mol. The molecular weight excluding hydrogens is 245 g/mol. The van der Waals surface area contributed by atoms with Gasteiger partial charge in [0.25, 0.3) is 0 Å². The molecule has 0 aliphatic heterocycles. The molecule has 1 fully saturated rings. The zero-order valence-corrected chi connectivity index (χ0v) is 10.2. The first-order valence-electron chi connectivity index (χ1n) is 5.35. The van der Waals surface area contributed by atoms with Crippen LogP contribution in [0.3, 0.4) is 0 Å². The van der Waals surface area contributed by atoms with Gasteiger partial charge in [-0.2, -0.15) is 0 Å². The van der Waals surface area contributed by atoms with Crippen LogP contribution in [-0.4, -0.2) is 19.7 Å². The normalized spacial score (nSPS) is 16.4. The second-order valence-electron chi connectivity index (χ2n) is 4.25. The summed E-state index contributed by atoms with van der Waals surface area (Å²) >= 11 is 5.71. The molecule has 0 unspecified atom stereocenters.